The number of imidazole rings is 1. The smallest absolute Gasteiger partial charge is 0.351 e. The van der Waals surface area contributed by atoms with Gasteiger partial charge in [-0.15, -0.1) is 0 Å². The highest BCUT2D eigenvalue weighted by atomic mass is 19.4. The maximum absolute atomic E-state index is 13.1. The van der Waals surface area contributed by atoms with Crippen LogP contribution in [0.5, 0.6) is 0 Å². The summed E-state index contributed by atoms with van der Waals surface area (Å²) in [5.74, 6) is 0.889. The van der Waals surface area contributed by atoms with Gasteiger partial charge in [0.1, 0.15) is 5.82 Å². The molecule has 184 valence electrons. The molecule has 1 aliphatic carbocycles. The molecule has 0 atom stereocenters. The van der Waals surface area contributed by atoms with Crippen LogP contribution < -0.4 is 15.5 Å². The van der Waals surface area contributed by atoms with Gasteiger partial charge in [0.25, 0.3) is 5.91 Å². The second kappa shape index (κ2) is 9.33. The van der Waals surface area contributed by atoms with Crippen molar-refractivity contribution < 1.29 is 18.0 Å². The summed E-state index contributed by atoms with van der Waals surface area (Å²) in [6.07, 6.45) is 2.55. The van der Waals surface area contributed by atoms with Crippen molar-refractivity contribution in [2.24, 2.45) is 0 Å². The number of aromatic amines is 1. The predicted molar refractivity (Wildman–Crippen MR) is 130 cm³/mol. The Hall–Kier alpha value is -4.41. The van der Waals surface area contributed by atoms with Crippen LogP contribution in [0.15, 0.2) is 67.1 Å². The summed E-state index contributed by atoms with van der Waals surface area (Å²) in [4.78, 5) is 31.0. The van der Waals surface area contributed by atoms with E-state index in [0.29, 0.717) is 35.1 Å². The van der Waals surface area contributed by atoms with Gasteiger partial charge in [0.05, 0.1) is 11.3 Å². The highest BCUT2D eigenvalue weighted by Gasteiger charge is 2.31. The van der Waals surface area contributed by atoms with E-state index in [4.69, 9.17) is 0 Å². The first-order chi connectivity index (χ1) is 17.3. The van der Waals surface area contributed by atoms with E-state index in [9.17, 15) is 18.0 Å². The molecule has 1 saturated carbocycles. The third kappa shape index (κ3) is 5.14. The summed E-state index contributed by atoms with van der Waals surface area (Å²) >= 11 is 0. The first kappa shape index (κ1) is 23.3. The van der Waals surface area contributed by atoms with Crippen LogP contribution in [0.4, 0.5) is 42.3 Å². The van der Waals surface area contributed by atoms with E-state index in [0.717, 1.165) is 30.5 Å². The number of aryl methyl sites for hydroxylation is 1. The van der Waals surface area contributed by atoms with E-state index >= 15 is 0 Å². The van der Waals surface area contributed by atoms with Gasteiger partial charge in [0.15, 0.2) is 0 Å². The minimum atomic E-state index is -4.54. The maximum Gasteiger partial charge on any atom is 0.416 e. The number of alkyl halides is 3. The summed E-state index contributed by atoms with van der Waals surface area (Å²) < 4.78 is 39.2. The van der Waals surface area contributed by atoms with Crippen LogP contribution in [0.1, 0.15) is 34.3 Å². The van der Waals surface area contributed by atoms with Gasteiger partial charge in [-0.3, -0.25) is 9.69 Å². The van der Waals surface area contributed by atoms with Crippen LogP contribution in [0.25, 0.3) is 0 Å². The number of halogens is 3. The van der Waals surface area contributed by atoms with Crippen molar-refractivity contribution in [3.05, 3.63) is 83.8 Å². The minimum Gasteiger partial charge on any atom is -0.351 e. The van der Waals surface area contributed by atoms with Crippen LogP contribution in [-0.4, -0.2) is 31.9 Å². The van der Waals surface area contributed by atoms with Gasteiger partial charge in [-0.1, -0.05) is 12.1 Å². The Morgan fingerprint density at radius 1 is 1.08 bits per heavy atom. The highest BCUT2D eigenvalue weighted by Crippen LogP contribution is 2.36. The second-order valence-electron chi connectivity index (χ2n) is 8.44. The Morgan fingerprint density at radius 3 is 2.64 bits per heavy atom. The van der Waals surface area contributed by atoms with Crippen molar-refractivity contribution in [2.45, 2.75) is 32.0 Å². The van der Waals surface area contributed by atoms with Crippen LogP contribution in [-0.2, 0) is 6.18 Å². The fourth-order valence-electron chi connectivity index (χ4n) is 3.65. The molecule has 0 aliphatic heterocycles. The Bertz CT molecular complexity index is 1380. The number of nitrogens with one attached hydrogen (secondary N) is 3. The second-order valence-corrected chi connectivity index (χ2v) is 8.44. The van der Waals surface area contributed by atoms with Crippen molar-refractivity contribution in [3.8, 4) is 0 Å². The number of anilines is 5. The summed E-state index contributed by atoms with van der Waals surface area (Å²) in [6.45, 7) is 1.90. The number of H-pyrrole nitrogens is 1. The lowest BCUT2D eigenvalue weighted by Crippen LogP contribution is -2.17. The number of carbonyl (C=O) groups excluding carboxylic acids is 1. The van der Waals surface area contributed by atoms with Gasteiger partial charge in [0.2, 0.25) is 11.9 Å². The molecule has 0 spiro atoms. The lowest BCUT2D eigenvalue weighted by molar-refractivity contribution is -0.137. The quantitative estimate of drug-likeness (QED) is 0.300. The average Bonchev–Trinajstić information content (AvgIpc) is 3.50. The number of rotatable bonds is 7. The molecular formula is C25H22F3N7O. The van der Waals surface area contributed by atoms with Crippen LogP contribution in [0.2, 0.25) is 0 Å². The van der Waals surface area contributed by atoms with Crippen molar-refractivity contribution >= 4 is 35.0 Å². The maximum atomic E-state index is 13.1. The van der Waals surface area contributed by atoms with Crippen molar-refractivity contribution in [3.63, 3.8) is 0 Å². The van der Waals surface area contributed by atoms with Gasteiger partial charge >= 0.3 is 6.18 Å². The molecule has 2 aromatic carbocycles. The molecule has 0 bridgehead atoms. The summed E-state index contributed by atoms with van der Waals surface area (Å²) in [5, 5.41) is 5.97. The minimum absolute atomic E-state index is 0.0959. The number of hydrogen-bond acceptors (Lipinski definition) is 6. The van der Waals surface area contributed by atoms with Gasteiger partial charge in [-0.05, 0) is 55.7 Å². The molecule has 1 aliphatic rings. The zero-order valence-corrected chi connectivity index (χ0v) is 19.2. The fourth-order valence-corrected chi connectivity index (χ4v) is 3.65. The molecular weight excluding hydrogens is 471 g/mol. The molecule has 1 fully saturated rings. The monoisotopic (exact) mass is 493 g/mol. The molecule has 2 aromatic heterocycles. The number of benzene rings is 2. The largest absolute Gasteiger partial charge is 0.416 e. The van der Waals surface area contributed by atoms with Crippen LogP contribution in [0, 0.1) is 6.92 Å². The number of amides is 1. The first-order valence-electron chi connectivity index (χ1n) is 11.3. The average molecular weight is 493 g/mol. The van der Waals surface area contributed by atoms with Crippen LogP contribution >= 0.6 is 0 Å². The summed E-state index contributed by atoms with van der Waals surface area (Å²) in [7, 11) is 0. The van der Waals surface area contributed by atoms with E-state index < -0.39 is 17.6 Å². The molecule has 8 nitrogen and oxygen atoms in total. The zero-order chi connectivity index (χ0) is 25.3. The summed E-state index contributed by atoms with van der Waals surface area (Å²) in [6, 6.07) is 11.6. The van der Waals surface area contributed by atoms with Crippen molar-refractivity contribution in [1.29, 1.82) is 0 Å². The highest BCUT2D eigenvalue weighted by molar-refractivity contribution is 6.04. The molecule has 0 unspecified atom stereocenters. The number of aromatic nitrogens is 4. The lowest BCUT2D eigenvalue weighted by atomic mass is 10.1. The van der Waals surface area contributed by atoms with E-state index in [1.54, 1.807) is 47.8 Å². The molecule has 4 aromatic rings. The third-order valence-electron chi connectivity index (χ3n) is 5.64. The molecule has 2 heterocycles. The Morgan fingerprint density at radius 2 is 1.92 bits per heavy atom. The van der Waals surface area contributed by atoms with Gasteiger partial charge in [-0.25, -0.2) is 9.97 Å². The number of nitrogens with zero attached hydrogens (tertiary/aromatic N) is 4. The predicted octanol–water partition coefficient (Wildman–Crippen LogP) is 5.82. The Balaban J connectivity index is 1.47. The number of hydrogen-bond donors (Lipinski definition) is 3. The Kier molecular flexibility index (Phi) is 6.05. The van der Waals surface area contributed by atoms with Gasteiger partial charge < -0.3 is 15.6 Å². The molecule has 5 rings (SSSR count). The van der Waals surface area contributed by atoms with Crippen molar-refractivity contribution in [2.75, 3.05) is 15.5 Å². The Labute approximate surface area is 204 Å². The van der Waals surface area contributed by atoms with E-state index in [1.807, 2.05) is 6.92 Å². The SMILES string of the molecule is Cc1ccc(NC(=O)c2cccc(C(F)(F)F)c2)cc1N(c1ccnc(NC2CC2)n1)c1ncc[nH]1. The topological polar surface area (TPSA) is 98.8 Å². The molecule has 36 heavy (non-hydrogen) atoms. The molecule has 0 radical (unpaired) electrons. The number of carbonyl (C=O) groups is 1. The van der Waals surface area contributed by atoms with E-state index in [2.05, 4.69) is 30.6 Å². The summed E-state index contributed by atoms with van der Waals surface area (Å²) in [5.41, 5.74) is 0.950. The molecule has 0 saturated heterocycles. The molecule has 3 N–H and O–H groups in total. The van der Waals surface area contributed by atoms with Gasteiger partial charge in [-0.2, -0.15) is 18.2 Å². The van der Waals surface area contributed by atoms with E-state index in [1.165, 1.54) is 12.1 Å². The van der Waals surface area contributed by atoms with Crippen molar-refractivity contribution in [1.82, 2.24) is 19.9 Å². The molecule has 1 amide bonds. The standard InChI is InChI=1S/C25H22F3N7O/c1-15-5-6-19(32-22(36)16-3-2-4-17(13-16)25(26,27)28)14-20(15)35(24-30-11-12-31-24)21-9-10-29-23(34-21)33-18-7-8-18/h2-6,9-14,18H,7-8H2,1H3,(H,30,31)(H,32,36)(H,29,33,34). The van der Waals surface area contributed by atoms with Gasteiger partial charge in [0, 0.05) is 41.9 Å². The van der Waals surface area contributed by atoms with E-state index in [-0.39, 0.29) is 5.56 Å². The zero-order valence-electron chi connectivity index (χ0n) is 19.2. The third-order valence-corrected chi connectivity index (χ3v) is 5.64. The first-order valence-corrected chi connectivity index (χ1v) is 11.3. The fraction of sp³-hybridized carbons (Fsp3) is 0.200. The molecule has 11 heteroatoms. The normalized spacial score (nSPS) is 13.3. The lowest BCUT2D eigenvalue weighted by Gasteiger charge is -2.24. The van der Waals surface area contributed by atoms with Crippen LogP contribution in [0.3, 0.4) is 0 Å².